The van der Waals surface area contributed by atoms with E-state index in [1.807, 2.05) is 29.9 Å². The van der Waals surface area contributed by atoms with Gasteiger partial charge < -0.3 is 0 Å². The van der Waals surface area contributed by atoms with Crippen molar-refractivity contribution in [2.75, 3.05) is 11.5 Å². The number of hydrogen-bond acceptors (Lipinski definition) is 8. The fourth-order valence-electron chi connectivity index (χ4n) is 2.49. The third kappa shape index (κ3) is 4.57. The van der Waals surface area contributed by atoms with Crippen molar-refractivity contribution in [2.45, 2.75) is 42.3 Å². The van der Waals surface area contributed by atoms with Gasteiger partial charge >= 0.3 is 0 Å². The molecule has 0 radical (unpaired) electrons. The number of carbonyl (C=O) groups is 1. The quantitative estimate of drug-likeness (QED) is 0.265. The topological polar surface area (TPSA) is 60.7 Å². The third-order valence-corrected chi connectivity index (χ3v) is 7.81. The van der Waals surface area contributed by atoms with Crippen molar-refractivity contribution in [1.82, 2.24) is 19.7 Å². The molecule has 9 heteroatoms. The lowest BCUT2D eigenvalue weighted by molar-refractivity contribution is 0.102. The standard InChI is InChI=1S/C17H20N4OS4/c1-4-5-7-24-16-19-20-17(26-16)25-10-14(22)13-9-11(2)21(12(13)3)15-18-6-8-23-15/h6,8-9H,4-5,7,10H2,1-3H3. The van der Waals surface area contributed by atoms with Gasteiger partial charge in [-0.05, 0) is 26.3 Å². The highest BCUT2D eigenvalue weighted by atomic mass is 32.2. The molecule has 0 fully saturated rings. The van der Waals surface area contributed by atoms with E-state index in [2.05, 4.69) is 22.1 Å². The summed E-state index contributed by atoms with van der Waals surface area (Å²) in [6.45, 7) is 6.15. The van der Waals surface area contributed by atoms with E-state index in [1.165, 1.54) is 24.6 Å². The van der Waals surface area contributed by atoms with Crippen LogP contribution in [0.2, 0.25) is 0 Å². The van der Waals surface area contributed by atoms with Crippen LogP contribution in [-0.4, -0.2) is 37.0 Å². The Hall–Kier alpha value is -1.16. The minimum Gasteiger partial charge on any atom is -0.294 e. The number of nitrogens with zero attached hydrogens (tertiary/aromatic N) is 4. The van der Waals surface area contributed by atoms with Gasteiger partial charge in [0, 0.05) is 34.3 Å². The van der Waals surface area contributed by atoms with Gasteiger partial charge in [0.2, 0.25) is 0 Å². The molecule has 138 valence electrons. The zero-order chi connectivity index (χ0) is 18.5. The first-order chi connectivity index (χ1) is 12.6. The molecule has 0 N–H and O–H groups in total. The Morgan fingerprint density at radius 2 is 2.00 bits per heavy atom. The molecule has 0 unspecified atom stereocenters. The number of aryl methyl sites for hydroxylation is 1. The molecule has 3 aromatic heterocycles. The van der Waals surface area contributed by atoms with Crippen molar-refractivity contribution in [3.05, 3.63) is 34.6 Å². The zero-order valence-electron chi connectivity index (χ0n) is 14.9. The van der Waals surface area contributed by atoms with Crippen LogP contribution in [0, 0.1) is 13.8 Å². The molecule has 3 rings (SSSR count). The average Bonchev–Trinajstić information content (AvgIpc) is 3.34. The van der Waals surface area contributed by atoms with E-state index in [9.17, 15) is 4.79 Å². The lowest BCUT2D eigenvalue weighted by Gasteiger charge is -2.05. The maximum absolute atomic E-state index is 12.7. The van der Waals surface area contributed by atoms with Crippen LogP contribution < -0.4 is 0 Å². The van der Waals surface area contributed by atoms with Gasteiger partial charge in [-0.1, -0.05) is 48.2 Å². The number of ketones is 1. The van der Waals surface area contributed by atoms with Crippen molar-refractivity contribution in [1.29, 1.82) is 0 Å². The van der Waals surface area contributed by atoms with Gasteiger partial charge in [0.25, 0.3) is 0 Å². The highest BCUT2D eigenvalue weighted by Gasteiger charge is 2.18. The van der Waals surface area contributed by atoms with E-state index in [-0.39, 0.29) is 5.78 Å². The van der Waals surface area contributed by atoms with Gasteiger partial charge in [0.1, 0.15) is 0 Å². The number of Topliss-reactive ketones (excluding diaryl/α,β-unsaturated/α-hetero) is 1. The normalized spacial score (nSPS) is 11.2. The Morgan fingerprint density at radius 1 is 1.23 bits per heavy atom. The molecule has 0 spiro atoms. The molecule has 26 heavy (non-hydrogen) atoms. The average molecular weight is 425 g/mol. The molecule has 0 aliphatic heterocycles. The van der Waals surface area contributed by atoms with E-state index >= 15 is 0 Å². The minimum absolute atomic E-state index is 0.112. The number of hydrogen-bond donors (Lipinski definition) is 0. The molecule has 0 aliphatic rings. The lowest BCUT2D eigenvalue weighted by Crippen LogP contribution is -2.05. The molecule has 0 bridgehead atoms. The van der Waals surface area contributed by atoms with Gasteiger partial charge in [-0.25, -0.2) is 4.98 Å². The second-order valence-corrected chi connectivity index (χ2v) is 10.1. The van der Waals surface area contributed by atoms with Gasteiger partial charge in [-0.2, -0.15) is 0 Å². The van der Waals surface area contributed by atoms with Gasteiger partial charge in [0.05, 0.1) is 5.75 Å². The monoisotopic (exact) mass is 424 g/mol. The Labute approximate surface area is 169 Å². The first-order valence-electron chi connectivity index (χ1n) is 8.31. The second kappa shape index (κ2) is 9.16. The van der Waals surface area contributed by atoms with Gasteiger partial charge in [-0.15, -0.1) is 21.5 Å². The maximum Gasteiger partial charge on any atom is 0.193 e. The Bertz CT molecular complexity index is 870. The predicted octanol–water partition coefficient (Wildman–Crippen LogP) is 5.27. The van der Waals surface area contributed by atoms with Crippen LogP contribution in [-0.2, 0) is 0 Å². The third-order valence-electron chi connectivity index (χ3n) is 3.78. The fraction of sp³-hybridized carbons (Fsp3) is 0.412. The number of unbranched alkanes of at least 4 members (excludes halogenated alkanes) is 1. The molecule has 0 aromatic carbocycles. The molecule has 3 heterocycles. The summed E-state index contributed by atoms with van der Waals surface area (Å²) in [4.78, 5) is 17.0. The van der Waals surface area contributed by atoms with Crippen LogP contribution in [0.15, 0.2) is 26.3 Å². The summed E-state index contributed by atoms with van der Waals surface area (Å²) in [5, 5.41) is 11.2. The first-order valence-corrected chi connectivity index (χ1v) is 12.0. The smallest absolute Gasteiger partial charge is 0.193 e. The van der Waals surface area contributed by atoms with E-state index in [4.69, 9.17) is 0 Å². The Morgan fingerprint density at radius 3 is 2.69 bits per heavy atom. The summed E-state index contributed by atoms with van der Waals surface area (Å²) in [6, 6.07) is 1.95. The molecule has 0 saturated heterocycles. The number of thiazole rings is 1. The molecule has 0 aliphatic carbocycles. The summed E-state index contributed by atoms with van der Waals surface area (Å²) < 4.78 is 3.87. The number of carbonyl (C=O) groups excluding carboxylic acids is 1. The van der Waals surface area contributed by atoms with Crippen molar-refractivity contribution < 1.29 is 4.79 Å². The van der Waals surface area contributed by atoms with Gasteiger partial charge in [0.15, 0.2) is 19.6 Å². The molecule has 0 saturated carbocycles. The number of rotatable bonds is 9. The molecule has 0 amide bonds. The van der Waals surface area contributed by atoms with Crippen molar-refractivity contribution >= 4 is 52.0 Å². The SMILES string of the molecule is CCCCSc1nnc(SCC(=O)c2cc(C)n(-c3nccs3)c2C)s1. The highest BCUT2D eigenvalue weighted by molar-refractivity contribution is 8.03. The molecule has 0 atom stereocenters. The van der Waals surface area contributed by atoms with Crippen LogP contribution in [0.1, 0.15) is 41.5 Å². The summed E-state index contributed by atoms with van der Waals surface area (Å²) in [5.41, 5.74) is 2.72. The van der Waals surface area contributed by atoms with Crippen LogP contribution in [0.25, 0.3) is 5.13 Å². The number of aromatic nitrogens is 4. The van der Waals surface area contributed by atoms with Crippen LogP contribution >= 0.6 is 46.2 Å². The molecular formula is C17H20N4OS4. The van der Waals surface area contributed by atoms with E-state index in [0.717, 1.165) is 36.5 Å². The zero-order valence-corrected chi connectivity index (χ0v) is 18.2. The largest absolute Gasteiger partial charge is 0.294 e. The fourth-order valence-corrected chi connectivity index (χ4v) is 6.30. The first kappa shape index (κ1) is 19.6. The van der Waals surface area contributed by atoms with Crippen LogP contribution in [0.5, 0.6) is 0 Å². The van der Waals surface area contributed by atoms with E-state index < -0.39 is 0 Å². The van der Waals surface area contributed by atoms with Crippen molar-refractivity contribution in [3.63, 3.8) is 0 Å². The minimum atomic E-state index is 0.112. The Kier molecular flexibility index (Phi) is 6.91. The summed E-state index contributed by atoms with van der Waals surface area (Å²) in [6.07, 6.45) is 4.14. The summed E-state index contributed by atoms with van der Waals surface area (Å²) >= 11 is 6.34. The molecule has 5 nitrogen and oxygen atoms in total. The van der Waals surface area contributed by atoms with Crippen molar-refractivity contribution in [2.24, 2.45) is 0 Å². The number of thioether (sulfide) groups is 2. The van der Waals surface area contributed by atoms with E-state index in [0.29, 0.717) is 5.75 Å². The van der Waals surface area contributed by atoms with Crippen LogP contribution in [0.3, 0.4) is 0 Å². The van der Waals surface area contributed by atoms with E-state index in [1.54, 1.807) is 40.6 Å². The second-order valence-electron chi connectivity index (χ2n) is 5.68. The summed E-state index contributed by atoms with van der Waals surface area (Å²) in [7, 11) is 0. The maximum atomic E-state index is 12.7. The van der Waals surface area contributed by atoms with Crippen molar-refractivity contribution in [3.8, 4) is 5.13 Å². The lowest BCUT2D eigenvalue weighted by atomic mass is 10.2. The van der Waals surface area contributed by atoms with Gasteiger partial charge in [-0.3, -0.25) is 9.36 Å². The van der Waals surface area contributed by atoms with Crippen LogP contribution in [0.4, 0.5) is 0 Å². The summed E-state index contributed by atoms with van der Waals surface area (Å²) in [5.74, 6) is 1.55. The highest BCUT2D eigenvalue weighted by Crippen LogP contribution is 2.30. The molecular weight excluding hydrogens is 404 g/mol. The Balaban J connectivity index is 1.63. The predicted molar refractivity (Wildman–Crippen MR) is 112 cm³/mol. The molecule has 3 aromatic rings.